The smallest absolute Gasteiger partial charge is 0.463 e. The topological polar surface area (TPSA) is 231 Å². The summed E-state index contributed by atoms with van der Waals surface area (Å²) in [6.45, 7) is 2.52. The number of rotatable bonds is 67. The average Bonchev–Trinajstić information content (AvgIpc) is 3.09. The van der Waals surface area contributed by atoms with E-state index in [2.05, 4.69) is 118 Å². The molecule has 0 aliphatic carbocycles. The van der Waals surface area contributed by atoms with Crippen molar-refractivity contribution < 1.29 is 75.8 Å². The van der Waals surface area contributed by atoms with E-state index < -0.39 is 91.5 Å². The fraction of sp³-hybridized carbons (Fsp3) is 0.740. The number of esters is 3. The van der Waals surface area contributed by atoms with Gasteiger partial charge in [-0.3, -0.25) is 32.5 Å². The third-order valence-electron chi connectivity index (χ3n) is 14.8. The molecule has 0 amide bonds. The highest BCUT2D eigenvalue weighted by molar-refractivity contribution is 7.47. The summed E-state index contributed by atoms with van der Waals surface area (Å²) in [7, 11) is -9.78. The Kier molecular flexibility index (Phi) is 63.9. The lowest BCUT2D eigenvalue weighted by molar-refractivity contribution is -0.161. The molecule has 91 heavy (non-hydrogen) atoms. The van der Waals surface area contributed by atoms with Gasteiger partial charge in [-0.1, -0.05) is 266 Å². The number of phosphoric acid groups is 2. The highest BCUT2D eigenvalue weighted by Gasteiger charge is 2.29. The zero-order chi connectivity index (χ0) is 66.7. The van der Waals surface area contributed by atoms with Crippen LogP contribution in [0.4, 0.5) is 0 Å². The lowest BCUT2D eigenvalue weighted by Gasteiger charge is -2.21. The first kappa shape index (κ1) is 87.5. The molecule has 0 aromatic carbocycles. The predicted molar refractivity (Wildman–Crippen MR) is 371 cm³/mol. The van der Waals surface area contributed by atoms with E-state index in [1.807, 2.05) is 0 Å². The maximum atomic E-state index is 12.9. The third-order valence-corrected chi connectivity index (χ3v) is 16.7. The van der Waals surface area contributed by atoms with E-state index in [0.717, 1.165) is 148 Å². The molecule has 18 heteroatoms. The van der Waals surface area contributed by atoms with Crippen molar-refractivity contribution in [2.24, 2.45) is 0 Å². The molecular formula is C73H128O16P2. The Bertz CT molecular complexity index is 2050. The zero-order valence-electron chi connectivity index (χ0n) is 57.0. The molecule has 0 aliphatic heterocycles. The van der Waals surface area contributed by atoms with E-state index in [1.165, 1.54) is 83.5 Å². The summed E-state index contributed by atoms with van der Waals surface area (Å²) in [5.41, 5.74) is 0. The fourth-order valence-corrected chi connectivity index (χ4v) is 11.0. The molecule has 0 aromatic rings. The molecule has 5 atom stereocenters. The largest absolute Gasteiger partial charge is 0.472 e. The molecule has 4 N–H and O–H groups in total. The number of unbranched alkanes of at least 4 members (excludes halogenated alkanes) is 28. The first-order valence-electron chi connectivity index (χ1n) is 35.5. The SMILES string of the molecule is CC/C=C\C/C=C\C/C=C\C/C=C\C/C=C\CCCCCCCC(=O)OCC(O)COP(=O)(O)OCC(O)COP(=O)(O)OCC(COC(=O)CCCCCCCC/C=C\C/C=C\C/C=C\CCCCC)OC(=O)CCCCCCCCCCCCCCCCC. The molecule has 0 saturated carbocycles. The quantitative estimate of drug-likeness (QED) is 0.0146. The highest BCUT2D eigenvalue weighted by Crippen LogP contribution is 2.45. The molecule has 0 bridgehead atoms. The van der Waals surface area contributed by atoms with Gasteiger partial charge >= 0.3 is 33.6 Å². The lowest BCUT2D eigenvalue weighted by atomic mass is 10.0. The van der Waals surface area contributed by atoms with E-state index in [-0.39, 0.29) is 19.3 Å². The first-order chi connectivity index (χ1) is 44.2. The van der Waals surface area contributed by atoms with Crippen molar-refractivity contribution in [1.29, 1.82) is 0 Å². The van der Waals surface area contributed by atoms with Crippen LogP contribution in [0.25, 0.3) is 0 Å². The molecular weight excluding hydrogens is 1190 g/mol. The van der Waals surface area contributed by atoms with Crippen LogP contribution < -0.4 is 0 Å². The van der Waals surface area contributed by atoms with Crippen molar-refractivity contribution in [3.63, 3.8) is 0 Å². The van der Waals surface area contributed by atoms with Crippen LogP contribution in [0.15, 0.2) is 97.2 Å². The summed E-state index contributed by atoms with van der Waals surface area (Å²) >= 11 is 0. The lowest BCUT2D eigenvalue weighted by Crippen LogP contribution is -2.30. The molecule has 0 heterocycles. The maximum Gasteiger partial charge on any atom is 0.472 e. The minimum atomic E-state index is -4.93. The Balaban J connectivity index is 4.67. The first-order valence-corrected chi connectivity index (χ1v) is 38.5. The van der Waals surface area contributed by atoms with Crippen LogP contribution in [-0.4, -0.2) is 95.9 Å². The van der Waals surface area contributed by atoms with Gasteiger partial charge in [-0.25, -0.2) is 9.13 Å². The number of aliphatic hydroxyl groups is 2. The van der Waals surface area contributed by atoms with Crippen LogP contribution in [0.3, 0.4) is 0 Å². The second-order valence-electron chi connectivity index (χ2n) is 23.7. The summed E-state index contributed by atoms with van der Waals surface area (Å²) in [4.78, 5) is 58.5. The number of carbonyl (C=O) groups is 3. The molecule has 0 saturated heterocycles. The van der Waals surface area contributed by atoms with Crippen molar-refractivity contribution >= 4 is 33.6 Å². The number of phosphoric ester groups is 2. The van der Waals surface area contributed by atoms with Gasteiger partial charge in [-0.05, 0) is 103 Å². The van der Waals surface area contributed by atoms with Gasteiger partial charge in [0.05, 0.1) is 26.4 Å². The Morgan fingerprint density at radius 3 is 0.945 bits per heavy atom. The van der Waals surface area contributed by atoms with Gasteiger partial charge in [0.25, 0.3) is 0 Å². The molecule has 0 rings (SSSR count). The molecule has 0 spiro atoms. The molecule has 16 nitrogen and oxygen atoms in total. The van der Waals surface area contributed by atoms with E-state index >= 15 is 0 Å². The molecule has 0 aliphatic rings. The van der Waals surface area contributed by atoms with Crippen LogP contribution in [-0.2, 0) is 55.8 Å². The van der Waals surface area contributed by atoms with E-state index in [9.17, 15) is 43.5 Å². The number of ether oxygens (including phenoxy) is 3. The minimum Gasteiger partial charge on any atom is -0.463 e. The summed E-state index contributed by atoms with van der Waals surface area (Å²) < 4.78 is 61.0. The Hall–Kier alpha value is -3.53. The van der Waals surface area contributed by atoms with E-state index in [1.54, 1.807) is 0 Å². The Morgan fingerprint density at radius 2 is 0.582 bits per heavy atom. The number of hydrogen-bond donors (Lipinski definition) is 4. The van der Waals surface area contributed by atoms with Gasteiger partial charge in [0.2, 0.25) is 0 Å². The third kappa shape index (κ3) is 67.7. The van der Waals surface area contributed by atoms with Crippen LogP contribution in [0.1, 0.15) is 290 Å². The molecule has 526 valence electrons. The molecule has 0 radical (unpaired) electrons. The number of hydrogen-bond acceptors (Lipinski definition) is 14. The summed E-state index contributed by atoms with van der Waals surface area (Å²) in [6, 6.07) is 0. The van der Waals surface area contributed by atoms with E-state index in [4.69, 9.17) is 32.3 Å². The van der Waals surface area contributed by atoms with Gasteiger partial charge in [0.1, 0.15) is 25.4 Å². The monoisotopic (exact) mass is 1320 g/mol. The van der Waals surface area contributed by atoms with Crippen molar-refractivity contribution in [3.05, 3.63) is 97.2 Å². The van der Waals surface area contributed by atoms with Crippen LogP contribution in [0.2, 0.25) is 0 Å². The Morgan fingerprint density at radius 1 is 0.319 bits per heavy atom. The number of allylic oxidation sites excluding steroid dienone is 16. The predicted octanol–water partition coefficient (Wildman–Crippen LogP) is 19.9. The fourth-order valence-electron chi connectivity index (χ4n) is 9.37. The van der Waals surface area contributed by atoms with Crippen LogP contribution in [0.5, 0.6) is 0 Å². The van der Waals surface area contributed by atoms with Gasteiger partial charge in [0, 0.05) is 19.3 Å². The number of carbonyl (C=O) groups excluding carboxylic acids is 3. The molecule has 5 unspecified atom stereocenters. The van der Waals surface area contributed by atoms with Crippen molar-refractivity contribution in [2.75, 3.05) is 39.6 Å². The zero-order valence-corrected chi connectivity index (χ0v) is 58.8. The Labute approximate surface area is 552 Å². The van der Waals surface area contributed by atoms with Gasteiger partial charge in [0.15, 0.2) is 6.10 Å². The summed E-state index contributed by atoms with van der Waals surface area (Å²) in [5, 5.41) is 20.6. The van der Waals surface area contributed by atoms with Crippen molar-refractivity contribution in [3.8, 4) is 0 Å². The van der Waals surface area contributed by atoms with Crippen molar-refractivity contribution in [2.45, 2.75) is 309 Å². The highest BCUT2D eigenvalue weighted by atomic mass is 31.2. The molecule has 0 aromatic heterocycles. The second kappa shape index (κ2) is 66.5. The number of aliphatic hydroxyl groups excluding tert-OH is 2. The second-order valence-corrected chi connectivity index (χ2v) is 26.6. The van der Waals surface area contributed by atoms with E-state index in [0.29, 0.717) is 19.3 Å². The van der Waals surface area contributed by atoms with Gasteiger partial charge in [-0.15, -0.1) is 0 Å². The van der Waals surface area contributed by atoms with Gasteiger partial charge < -0.3 is 34.2 Å². The van der Waals surface area contributed by atoms with Crippen LogP contribution >= 0.6 is 15.6 Å². The van der Waals surface area contributed by atoms with Crippen molar-refractivity contribution in [1.82, 2.24) is 0 Å². The average molecular weight is 1320 g/mol. The van der Waals surface area contributed by atoms with Gasteiger partial charge in [-0.2, -0.15) is 0 Å². The maximum absolute atomic E-state index is 12.9. The summed E-state index contributed by atoms with van der Waals surface area (Å²) in [6.07, 6.45) is 73.0. The standard InChI is InChI=1S/C73H128O16P2/c1-4-7-10-13-16-19-22-25-28-30-32-33-35-37-39-41-44-47-50-53-56-59-71(76)83-62-68(74)63-85-90(79,80)86-64-69(75)65-87-91(81,82)88-67-70(89-73(78)61-58-55-52-49-46-43-38-27-24-21-18-15-12-9-6-3)66-84-72(77)60-57-54-51-48-45-42-40-36-34-31-29-26-23-20-17-14-11-8-5-2/h7,10,16-17,19-20,25-26,28-29,32-34,36-37,39,68-70,74-75H,4-6,8-9,11-15,18,21-24,27,30-31,35,38,40-67H2,1-3H3,(H,79,80)(H,81,82)/b10-7-,19-16-,20-17-,28-25-,29-26-,33-32-,36-34-,39-37-. The molecule has 0 fully saturated rings. The minimum absolute atomic E-state index is 0.104. The van der Waals surface area contributed by atoms with Crippen LogP contribution in [0, 0.1) is 0 Å². The normalized spacial score (nSPS) is 14.8. The summed E-state index contributed by atoms with van der Waals surface area (Å²) in [5.74, 6) is -1.60.